The molecule has 0 amide bonds. The lowest BCUT2D eigenvalue weighted by Gasteiger charge is -2.02. The lowest BCUT2D eigenvalue weighted by molar-refractivity contribution is 0.802. The van der Waals surface area contributed by atoms with Crippen molar-refractivity contribution >= 4 is 33.9 Å². The fourth-order valence-corrected chi connectivity index (χ4v) is 1.90. The van der Waals surface area contributed by atoms with Crippen LogP contribution in [0.3, 0.4) is 0 Å². The van der Waals surface area contributed by atoms with E-state index < -0.39 is 0 Å². The second kappa shape index (κ2) is 3.04. The van der Waals surface area contributed by atoms with Gasteiger partial charge in [-0.2, -0.15) is 0 Å². The van der Waals surface area contributed by atoms with Crippen molar-refractivity contribution in [3.63, 3.8) is 0 Å². The van der Waals surface area contributed by atoms with E-state index in [1.54, 1.807) is 18.5 Å². The molecule has 0 atom stereocenters. The van der Waals surface area contributed by atoms with Gasteiger partial charge in [0.15, 0.2) is 15.1 Å². The summed E-state index contributed by atoms with van der Waals surface area (Å²) in [5.41, 5.74) is 1.79. The first-order valence-corrected chi connectivity index (χ1v) is 5.16. The number of halogens is 1. The minimum atomic E-state index is -0.0723. The molecule has 0 aromatic carbocycles. The zero-order chi connectivity index (χ0) is 10.5. The van der Waals surface area contributed by atoms with Crippen molar-refractivity contribution in [2.75, 3.05) is 0 Å². The van der Waals surface area contributed by atoms with Gasteiger partial charge in [0.05, 0.1) is 0 Å². The molecule has 0 saturated carbocycles. The van der Waals surface area contributed by atoms with Gasteiger partial charge < -0.3 is 4.57 Å². The molecule has 0 radical (unpaired) electrons. The third-order valence-electron chi connectivity index (χ3n) is 2.20. The summed E-state index contributed by atoms with van der Waals surface area (Å²) < 4.78 is 4.25. The molecule has 0 unspecified atom stereocenters. The second-order valence-corrected chi connectivity index (χ2v) is 4.11. The predicted molar refractivity (Wildman–Crippen MR) is 61.2 cm³/mol. The van der Waals surface area contributed by atoms with Crippen LogP contribution in [0.4, 0.5) is 0 Å². The highest BCUT2D eigenvalue weighted by molar-refractivity contribution is 14.1. The van der Waals surface area contributed by atoms with Crippen LogP contribution in [0.5, 0.6) is 0 Å². The van der Waals surface area contributed by atoms with Gasteiger partial charge in [-0.15, -0.1) is 0 Å². The summed E-state index contributed by atoms with van der Waals surface area (Å²) in [6.07, 6.45) is 0. The zero-order valence-electron chi connectivity index (χ0n) is 8.08. The molecule has 74 valence electrons. The standard InChI is InChI=1S/C8H9IN4O/c1-4-7(14)12(2)6-5(10-4)11-8(9)13(6)3/h1-3H3. The van der Waals surface area contributed by atoms with Crippen LogP contribution in [0.1, 0.15) is 5.69 Å². The molecule has 0 fully saturated rings. The molecule has 6 heteroatoms. The Kier molecular flexibility index (Phi) is 2.09. The second-order valence-electron chi connectivity index (χ2n) is 3.15. The third-order valence-corrected chi connectivity index (χ3v) is 3.16. The Morgan fingerprint density at radius 3 is 2.50 bits per heavy atom. The number of imidazole rings is 1. The SMILES string of the molecule is Cc1nc2nc(I)n(C)c2n(C)c1=O. The molecule has 0 aliphatic heterocycles. The van der Waals surface area contributed by atoms with Crippen LogP contribution < -0.4 is 5.56 Å². The van der Waals surface area contributed by atoms with Crippen LogP contribution in [-0.4, -0.2) is 19.1 Å². The van der Waals surface area contributed by atoms with Gasteiger partial charge in [0, 0.05) is 36.7 Å². The zero-order valence-corrected chi connectivity index (χ0v) is 10.2. The van der Waals surface area contributed by atoms with E-state index in [0.29, 0.717) is 11.3 Å². The number of aryl methyl sites for hydroxylation is 3. The molecule has 0 spiro atoms. The number of hydrogen-bond donors (Lipinski definition) is 0. The Bertz CT molecular complexity index is 569. The van der Waals surface area contributed by atoms with Crippen LogP contribution in [-0.2, 0) is 14.1 Å². The Hall–Kier alpha value is -0.920. The lowest BCUT2D eigenvalue weighted by atomic mass is 10.5. The van der Waals surface area contributed by atoms with E-state index in [0.717, 1.165) is 9.48 Å². The van der Waals surface area contributed by atoms with E-state index in [4.69, 9.17) is 0 Å². The van der Waals surface area contributed by atoms with E-state index in [1.807, 2.05) is 11.6 Å². The fraction of sp³-hybridized carbons (Fsp3) is 0.375. The Balaban J connectivity index is 3.07. The topological polar surface area (TPSA) is 52.7 Å². The van der Waals surface area contributed by atoms with Crippen molar-refractivity contribution in [3.05, 3.63) is 19.9 Å². The quantitative estimate of drug-likeness (QED) is 0.669. The van der Waals surface area contributed by atoms with Crippen molar-refractivity contribution in [1.82, 2.24) is 19.1 Å². The molecule has 0 N–H and O–H groups in total. The maximum absolute atomic E-state index is 11.6. The summed E-state index contributed by atoms with van der Waals surface area (Å²) in [6, 6.07) is 0. The minimum absolute atomic E-state index is 0.0723. The Labute approximate surface area is 93.9 Å². The molecule has 14 heavy (non-hydrogen) atoms. The van der Waals surface area contributed by atoms with Crippen molar-refractivity contribution < 1.29 is 0 Å². The summed E-state index contributed by atoms with van der Waals surface area (Å²) in [6.45, 7) is 1.70. The van der Waals surface area contributed by atoms with Gasteiger partial charge in [-0.1, -0.05) is 0 Å². The van der Waals surface area contributed by atoms with Crippen molar-refractivity contribution in [2.24, 2.45) is 14.1 Å². The monoisotopic (exact) mass is 304 g/mol. The minimum Gasteiger partial charge on any atom is -0.307 e. The van der Waals surface area contributed by atoms with Crippen LogP contribution >= 0.6 is 22.6 Å². The molecule has 5 nitrogen and oxygen atoms in total. The van der Waals surface area contributed by atoms with E-state index in [2.05, 4.69) is 32.6 Å². The number of nitrogens with zero attached hydrogens (tertiary/aromatic N) is 4. The van der Waals surface area contributed by atoms with Crippen molar-refractivity contribution in [2.45, 2.75) is 6.92 Å². The summed E-state index contributed by atoms with van der Waals surface area (Å²) >= 11 is 2.11. The maximum Gasteiger partial charge on any atom is 0.273 e. The van der Waals surface area contributed by atoms with Crippen LogP contribution in [0.25, 0.3) is 11.3 Å². The highest BCUT2D eigenvalue weighted by Gasteiger charge is 2.11. The predicted octanol–water partition coefficient (Wildman–Crippen LogP) is 0.580. The molecule has 0 saturated heterocycles. The van der Waals surface area contributed by atoms with E-state index in [9.17, 15) is 4.79 Å². The largest absolute Gasteiger partial charge is 0.307 e. The molecule has 2 heterocycles. The maximum atomic E-state index is 11.6. The van der Waals surface area contributed by atoms with Crippen LogP contribution in [0.15, 0.2) is 4.79 Å². The molecular weight excluding hydrogens is 295 g/mol. The molecule has 2 aromatic heterocycles. The number of fused-ring (bicyclic) bond motifs is 1. The van der Waals surface area contributed by atoms with Crippen LogP contribution in [0.2, 0.25) is 0 Å². The van der Waals surface area contributed by atoms with Gasteiger partial charge in [-0.05, 0) is 6.92 Å². The number of aromatic nitrogens is 4. The van der Waals surface area contributed by atoms with Crippen molar-refractivity contribution in [1.29, 1.82) is 0 Å². The fourth-order valence-electron chi connectivity index (χ4n) is 1.45. The first-order valence-electron chi connectivity index (χ1n) is 4.08. The van der Waals surface area contributed by atoms with E-state index in [1.165, 1.54) is 0 Å². The summed E-state index contributed by atoms with van der Waals surface area (Å²) in [5, 5.41) is 0. The molecule has 2 rings (SSSR count). The van der Waals surface area contributed by atoms with Gasteiger partial charge in [-0.3, -0.25) is 9.36 Å². The van der Waals surface area contributed by atoms with Crippen LogP contribution in [0, 0.1) is 10.8 Å². The van der Waals surface area contributed by atoms with E-state index in [-0.39, 0.29) is 5.56 Å². The first-order chi connectivity index (χ1) is 6.52. The summed E-state index contributed by atoms with van der Waals surface area (Å²) in [7, 11) is 3.60. The molecule has 0 bridgehead atoms. The highest BCUT2D eigenvalue weighted by Crippen LogP contribution is 2.11. The van der Waals surface area contributed by atoms with E-state index >= 15 is 0 Å². The van der Waals surface area contributed by atoms with Gasteiger partial charge >= 0.3 is 0 Å². The lowest BCUT2D eigenvalue weighted by Crippen LogP contribution is -2.22. The molecule has 0 aliphatic carbocycles. The average Bonchev–Trinajstić information content (AvgIpc) is 2.39. The van der Waals surface area contributed by atoms with Gasteiger partial charge in [-0.25, -0.2) is 9.97 Å². The number of hydrogen-bond acceptors (Lipinski definition) is 3. The van der Waals surface area contributed by atoms with Gasteiger partial charge in [0.25, 0.3) is 5.56 Å². The summed E-state index contributed by atoms with van der Waals surface area (Å²) in [4.78, 5) is 20.0. The summed E-state index contributed by atoms with van der Waals surface area (Å²) in [5.74, 6) is 0. The van der Waals surface area contributed by atoms with Gasteiger partial charge in [0.2, 0.25) is 0 Å². The highest BCUT2D eigenvalue weighted by atomic mass is 127. The molecule has 0 aliphatic rings. The number of rotatable bonds is 0. The molecular formula is C8H9IN4O. The van der Waals surface area contributed by atoms with Crippen molar-refractivity contribution in [3.8, 4) is 0 Å². The molecule has 2 aromatic rings. The third kappa shape index (κ3) is 1.17. The Morgan fingerprint density at radius 2 is 1.86 bits per heavy atom. The first kappa shape index (κ1) is 9.63. The normalized spacial score (nSPS) is 11.1. The van der Waals surface area contributed by atoms with Gasteiger partial charge in [0.1, 0.15) is 5.69 Å². The Morgan fingerprint density at radius 1 is 1.21 bits per heavy atom. The smallest absolute Gasteiger partial charge is 0.273 e. The average molecular weight is 304 g/mol.